The van der Waals surface area contributed by atoms with Crippen LogP contribution in [-0.2, 0) is 22.7 Å². The second-order valence-electron chi connectivity index (χ2n) is 10.6. The molecule has 3 aliphatic heterocycles. The van der Waals surface area contributed by atoms with Crippen molar-refractivity contribution in [3.8, 4) is 5.75 Å². The fourth-order valence-electron chi connectivity index (χ4n) is 6.65. The average Bonchev–Trinajstić information content (AvgIpc) is 3.14. The van der Waals surface area contributed by atoms with Gasteiger partial charge in [0, 0.05) is 31.6 Å². The number of benzene rings is 2. The molecule has 4 fully saturated rings. The first-order chi connectivity index (χ1) is 16.4. The molecule has 0 aromatic heterocycles. The van der Waals surface area contributed by atoms with Crippen molar-refractivity contribution < 1.29 is 14.3 Å². The van der Waals surface area contributed by atoms with Gasteiger partial charge in [0.25, 0.3) is 0 Å². The summed E-state index contributed by atoms with van der Waals surface area (Å²) in [6, 6.07) is 18.2. The summed E-state index contributed by atoms with van der Waals surface area (Å²) in [5.74, 6) is 1.55. The fourth-order valence-corrected chi connectivity index (χ4v) is 6.65. The van der Waals surface area contributed by atoms with Gasteiger partial charge in [0.05, 0.1) is 13.0 Å². The highest BCUT2D eigenvalue weighted by Gasteiger charge is 2.67. The van der Waals surface area contributed by atoms with Crippen LogP contribution in [0, 0.1) is 23.7 Å². The maximum Gasteiger partial charge on any atom is 0.246 e. The minimum absolute atomic E-state index is 0.0326. The van der Waals surface area contributed by atoms with Gasteiger partial charge in [-0.05, 0) is 47.9 Å². The Morgan fingerprint density at radius 2 is 1.88 bits per heavy atom. The SMILES string of the molecule is COc1ccc(CN2C[C@H]3C[C@]4(C(=O)NCc5ccccc5)NC(=O)[C@H]3[C@H]2[C@@H]4CC(C)C)cc1. The molecule has 6 rings (SSSR count). The molecule has 0 spiro atoms. The highest BCUT2D eigenvalue weighted by molar-refractivity contribution is 5.96. The summed E-state index contributed by atoms with van der Waals surface area (Å²) in [7, 11) is 1.67. The monoisotopic (exact) mass is 461 g/mol. The third-order valence-corrected chi connectivity index (χ3v) is 8.02. The van der Waals surface area contributed by atoms with E-state index in [2.05, 4.69) is 41.5 Å². The van der Waals surface area contributed by atoms with Crippen LogP contribution in [0.1, 0.15) is 37.8 Å². The van der Waals surface area contributed by atoms with Crippen molar-refractivity contribution in [3.05, 3.63) is 65.7 Å². The lowest BCUT2D eigenvalue weighted by Gasteiger charge is -2.55. The summed E-state index contributed by atoms with van der Waals surface area (Å²) in [6.45, 7) is 6.53. The number of hydrogen-bond acceptors (Lipinski definition) is 4. The van der Waals surface area contributed by atoms with Gasteiger partial charge in [-0.15, -0.1) is 0 Å². The molecule has 2 N–H and O–H groups in total. The zero-order chi connectivity index (χ0) is 23.9. The Morgan fingerprint density at radius 3 is 2.56 bits per heavy atom. The topological polar surface area (TPSA) is 70.7 Å². The first-order valence-electron chi connectivity index (χ1n) is 12.4. The van der Waals surface area contributed by atoms with Crippen LogP contribution >= 0.6 is 0 Å². The highest BCUT2D eigenvalue weighted by atomic mass is 16.5. The second kappa shape index (κ2) is 9.06. The van der Waals surface area contributed by atoms with Crippen LogP contribution in [0.15, 0.2) is 54.6 Å². The van der Waals surface area contributed by atoms with E-state index in [-0.39, 0.29) is 35.6 Å². The van der Waals surface area contributed by atoms with Crippen LogP contribution in [0.3, 0.4) is 0 Å². The first kappa shape index (κ1) is 22.9. The average molecular weight is 462 g/mol. The van der Waals surface area contributed by atoms with Crippen LogP contribution in [0.2, 0.25) is 0 Å². The zero-order valence-electron chi connectivity index (χ0n) is 20.3. The summed E-state index contributed by atoms with van der Waals surface area (Å²) in [4.78, 5) is 29.5. The number of fused-ring (bicyclic) bond motifs is 1. The molecular weight excluding hydrogens is 426 g/mol. The number of piperidine rings is 2. The number of ether oxygens (including phenoxy) is 1. The quantitative estimate of drug-likeness (QED) is 0.633. The number of hydrogen-bond donors (Lipinski definition) is 2. The predicted octanol–water partition coefficient (Wildman–Crippen LogP) is 3.36. The summed E-state index contributed by atoms with van der Waals surface area (Å²) in [5.41, 5.74) is 1.43. The normalized spacial score (nSPS) is 29.8. The molecule has 1 saturated carbocycles. The lowest BCUT2D eigenvalue weighted by Crippen LogP contribution is -2.75. The lowest BCUT2D eigenvalue weighted by molar-refractivity contribution is -0.155. The van der Waals surface area contributed by atoms with E-state index >= 15 is 0 Å². The fraction of sp³-hybridized carbons (Fsp3) is 0.500. The van der Waals surface area contributed by atoms with E-state index in [0.29, 0.717) is 12.5 Å². The van der Waals surface area contributed by atoms with Gasteiger partial charge in [-0.25, -0.2) is 0 Å². The van der Waals surface area contributed by atoms with Crippen molar-refractivity contribution in [2.75, 3.05) is 13.7 Å². The van der Waals surface area contributed by atoms with Crippen LogP contribution in [0.25, 0.3) is 0 Å². The molecule has 0 radical (unpaired) electrons. The number of likely N-dealkylation sites (tertiary alicyclic amines) is 1. The van der Waals surface area contributed by atoms with Gasteiger partial charge in [-0.2, -0.15) is 0 Å². The number of methoxy groups -OCH3 is 1. The molecule has 6 heteroatoms. The van der Waals surface area contributed by atoms with E-state index in [1.807, 2.05) is 42.5 Å². The highest BCUT2D eigenvalue weighted by Crippen LogP contribution is 2.54. The second-order valence-corrected chi connectivity index (χ2v) is 10.6. The molecule has 3 saturated heterocycles. The molecule has 4 bridgehead atoms. The molecule has 2 aromatic carbocycles. The van der Waals surface area contributed by atoms with E-state index < -0.39 is 5.54 Å². The zero-order valence-corrected chi connectivity index (χ0v) is 20.3. The molecule has 4 aliphatic rings. The first-order valence-corrected chi connectivity index (χ1v) is 12.4. The third-order valence-electron chi connectivity index (χ3n) is 8.02. The van der Waals surface area contributed by atoms with Gasteiger partial charge in [-0.1, -0.05) is 56.3 Å². The number of carbonyl (C=O) groups excluding carboxylic acids is 2. The predicted molar refractivity (Wildman–Crippen MR) is 131 cm³/mol. The molecule has 5 atom stereocenters. The van der Waals surface area contributed by atoms with E-state index in [0.717, 1.165) is 37.2 Å². The minimum atomic E-state index is -0.838. The maximum atomic E-state index is 13.8. The Morgan fingerprint density at radius 1 is 1.15 bits per heavy atom. The minimum Gasteiger partial charge on any atom is -0.497 e. The molecule has 0 unspecified atom stereocenters. The van der Waals surface area contributed by atoms with Crippen LogP contribution < -0.4 is 15.4 Å². The van der Waals surface area contributed by atoms with E-state index in [1.165, 1.54) is 5.56 Å². The van der Waals surface area contributed by atoms with Gasteiger partial charge in [0.15, 0.2) is 0 Å². The van der Waals surface area contributed by atoms with Crippen molar-refractivity contribution in [3.63, 3.8) is 0 Å². The Labute approximate surface area is 202 Å². The van der Waals surface area contributed by atoms with Crippen molar-refractivity contribution >= 4 is 11.8 Å². The Balaban J connectivity index is 1.42. The Bertz CT molecular complexity index is 1040. The van der Waals surface area contributed by atoms with E-state index in [4.69, 9.17) is 4.74 Å². The molecule has 3 heterocycles. The molecule has 180 valence electrons. The summed E-state index contributed by atoms with van der Waals surface area (Å²) in [5, 5.41) is 6.40. The summed E-state index contributed by atoms with van der Waals surface area (Å²) in [6.07, 6.45) is 1.63. The third kappa shape index (κ3) is 3.98. The van der Waals surface area contributed by atoms with E-state index in [1.54, 1.807) is 7.11 Å². The smallest absolute Gasteiger partial charge is 0.246 e. The largest absolute Gasteiger partial charge is 0.497 e. The van der Waals surface area contributed by atoms with Crippen molar-refractivity contribution in [2.45, 2.75) is 51.4 Å². The van der Waals surface area contributed by atoms with Crippen LogP contribution in [0.5, 0.6) is 5.75 Å². The van der Waals surface area contributed by atoms with Crippen molar-refractivity contribution in [1.82, 2.24) is 15.5 Å². The number of rotatable bonds is 8. The van der Waals surface area contributed by atoms with Crippen LogP contribution in [-0.4, -0.2) is 41.9 Å². The molecular formula is C28H35N3O3. The van der Waals surface area contributed by atoms with Gasteiger partial charge in [0.1, 0.15) is 11.3 Å². The van der Waals surface area contributed by atoms with E-state index in [9.17, 15) is 9.59 Å². The van der Waals surface area contributed by atoms with Gasteiger partial charge in [-0.3, -0.25) is 14.5 Å². The standard InChI is InChI=1S/C28H35N3O3/c1-18(2)13-23-25-24-21(17-31(25)16-20-9-11-22(34-3)12-10-20)14-28(23,30-26(24)32)27(33)29-15-19-7-5-4-6-8-19/h4-12,18,21,23-25H,13-17H2,1-3H3,(H,29,33)(H,30,32)/t21-,23+,24-,25-,28+/m1/s1. The Kier molecular flexibility index (Phi) is 6.11. The molecule has 2 aromatic rings. The molecule has 6 nitrogen and oxygen atoms in total. The lowest BCUT2D eigenvalue weighted by atomic mass is 9.57. The Hall–Kier alpha value is -2.86. The molecule has 1 aliphatic carbocycles. The number of carbonyl (C=O) groups is 2. The number of amides is 2. The maximum absolute atomic E-state index is 13.8. The summed E-state index contributed by atoms with van der Waals surface area (Å²) < 4.78 is 5.31. The molecule has 34 heavy (non-hydrogen) atoms. The van der Waals surface area contributed by atoms with Gasteiger partial charge < -0.3 is 15.4 Å². The van der Waals surface area contributed by atoms with Gasteiger partial charge >= 0.3 is 0 Å². The number of nitrogens with zero attached hydrogens (tertiary/aromatic N) is 1. The van der Waals surface area contributed by atoms with Gasteiger partial charge in [0.2, 0.25) is 11.8 Å². The summed E-state index contributed by atoms with van der Waals surface area (Å²) >= 11 is 0. The number of nitrogens with one attached hydrogen (secondary N) is 2. The van der Waals surface area contributed by atoms with Crippen LogP contribution in [0.4, 0.5) is 0 Å². The van der Waals surface area contributed by atoms with Crippen molar-refractivity contribution in [1.29, 1.82) is 0 Å². The molecule has 2 amide bonds. The van der Waals surface area contributed by atoms with Crippen molar-refractivity contribution in [2.24, 2.45) is 23.7 Å².